The van der Waals surface area contributed by atoms with Crippen molar-refractivity contribution < 1.29 is 0 Å². The van der Waals surface area contributed by atoms with Crippen LogP contribution in [0, 0.1) is 17.2 Å². The Morgan fingerprint density at radius 1 is 1.06 bits per heavy atom. The predicted molar refractivity (Wildman–Crippen MR) is 75.9 cm³/mol. The third-order valence-corrected chi connectivity index (χ3v) is 3.66. The Hall–Kier alpha value is -1.11. The Morgan fingerprint density at radius 2 is 1.59 bits per heavy atom. The maximum atomic E-state index is 8.05. The van der Waals surface area contributed by atoms with Crippen molar-refractivity contribution in [1.82, 2.24) is 0 Å². The molecule has 0 aliphatic rings. The van der Waals surface area contributed by atoms with Crippen molar-refractivity contribution >= 4 is 5.71 Å². The Labute approximate surface area is 106 Å². The van der Waals surface area contributed by atoms with Gasteiger partial charge in [0.1, 0.15) is 0 Å². The summed E-state index contributed by atoms with van der Waals surface area (Å²) < 4.78 is 0. The lowest BCUT2D eigenvalue weighted by Crippen LogP contribution is -2.16. The molecule has 1 nitrogen and oxygen atoms in total. The van der Waals surface area contributed by atoms with E-state index in [1.54, 1.807) is 0 Å². The van der Waals surface area contributed by atoms with Gasteiger partial charge in [0.15, 0.2) is 0 Å². The van der Waals surface area contributed by atoms with E-state index in [0.717, 1.165) is 25.0 Å². The summed E-state index contributed by atoms with van der Waals surface area (Å²) in [5, 5.41) is 8.05. The molecule has 0 spiro atoms. The van der Waals surface area contributed by atoms with E-state index in [2.05, 4.69) is 52.0 Å². The first-order chi connectivity index (χ1) is 8.04. The molecule has 0 bridgehead atoms. The maximum absolute atomic E-state index is 8.05. The zero-order valence-electron chi connectivity index (χ0n) is 11.6. The van der Waals surface area contributed by atoms with Crippen LogP contribution in [0.2, 0.25) is 0 Å². The van der Waals surface area contributed by atoms with Crippen molar-refractivity contribution in [2.45, 2.75) is 47.0 Å². The van der Waals surface area contributed by atoms with Crippen LogP contribution < -0.4 is 0 Å². The molecule has 0 fully saturated rings. The first kappa shape index (κ1) is 14.0. The van der Waals surface area contributed by atoms with Gasteiger partial charge in [0.25, 0.3) is 0 Å². The lowest BCUT2D eigenvalue weighted by atomic mass is 9.90. The van der Waals surface area contributed by atoms with Gasteiger partial charge >= 0.3 is 0 Å². The Balaban J connectivity index is 2.47. The van der Waals surface area contributed by atoms with E-state index in [1.807, 2.05) is 0 Å². The van der Waals surface area contributed by atoms with E-state index in [4.69, 9.17) is 5.41 Å². The van der Waals surface area contributed by atoms with E-state index in [9.17, 15) is 0 Å². The molecule has 1 aromatic rings. The molecule has 0 saturated heterocycles. The number of rotatable bonds is 6. The number of hydrogen-bond donors (Lipinski definition) is 1. The van der Waals surface area contributed by atoms with E-state index in [1.165, 1.54) is 11.1 Å². The maximum Gasteiger partial charge on any atom is 0.0123 e. The average Bonchev–Trinajstić information content (AvgIpc) is 2.35. The second-order valence-electron chi connectivity index (χ2n) is 5.23. The largest absolute Gasteiger partial charge is 0.309 e. The molecule has 1 N–H and O–H groups in total. The molecular weight excluding hydrogens is 206 g/mol. The molecule has 1 rings (SSSR count). The van der Waals surface area contributed by atoms with Crippen LogP contribution in [-0.4, -0.2) is 5.71 Å². The topological polar surface area (TPSA) is 23.9 Å². The summed E-state index contributed by atoms with van der Waals surface area (Å²) in [5.41, 5.74) is 3.63. The molecule has 1 atom stereocenters. The summed E-state index contributed by atoms with van der Waals surface area (Å²) in [5.74, 6) is 0.981. The van der Waals surface area contributed by atoms with Crippen LogP contribution in [0.1, 0.15) is 45.2 Å². The third-order valence-electron chi connectivity index (χ3n) is 3.66. The highest BCUT2D eigenvalue weighted by Gasteiger charge is 2.12. The third kappa shape index (κ3) is 4.33. The smallest absolute Gasteiger partial charge is 0.0123 e. The number of aryl methyl sites for hydroxylation is 2. The minimum absolute atomic E-state index is 0.407. The number of nitrogens with one attached hydrogen (secondary N) is 1. The predicted octanol–water partition coefficient (Wildman–Crippen LogP) is 4.49. The summed E-state index contributed by atoms with van der Waals surface area (Å²) in [7, 11) is 0. The van der Waals surface area contributed by atoms with Crippen LogP contribution in [0.3, 0.4) is 0 Å². The van der Waals surface area contributed by atoms with Crippen molar-refractivity contribution in [3.8, 4) is 0 Å². The number of hydrogen-bond acceptors (Lipinski definition) is 1. The molecule has 0 aromatic heterocycles. The molecule has 0 aliphatic carbocycles. The minimum Gasteiger partial charge on any atom is -0.309 e. The molecule has 1 aromatic carbocycles. The summed E-state index contributed by atoms with van der Waals surface area (Å²) in [4.78, 5) is 0. The molecule has 0 aliphatic heterocycles. The summed E-state index contributed by atoms with van der Waals surface area (Å²) in [6.45, 7) is 8.71. The zero-order valence-corrected chi connectivity index (χ0v) is 11.6. The summed E-state index contributed by atoms with van der Waals surface area (Å²) in [6, 6.07) is 8.80. The Morgan fingerprint density at radius 3 is 2.06 bits per heavy atom. The van der Waals surface area contributed by atoms with E-state index in [0.29, 0.717) is 11.8 Å². The van der Waals surface area contributed by atoms with Crippen molar-refractivity contribution in [3.05, 3.63) is 35.4 Å². The van der Waals surface area contributed by atoms with Gasteiger partial charge in [0.2, 0.25) is 0 Å². The fourth-order valence-corrected chi connectivity index (χ4v) is 1.85. The van der Waals surface area contributed by atoms with Gasteiger partial charge in [-0.3, -0.25) is 0 Å². The Kier molecular flexibility index (Phi) is 5.40. The molecule has 0 amide bonds. The molecule has 0 heterocycles. The lowest BCUT2D eigenvalue weighted by molar-refractivity contribution is 0.522. The molecular formula is C16H25N. The van der Waals surface area contributed by atoms with Gasteiger partial charge in [-0.2, -0.15) is 0 Å². The highest BCUT2D eigenvalue weighted by molar-refractivity contribution is 5.83. The molecule has 17 heavy (non-hydrogen) atoms. The van der Waals surface area contributed by atoms with E-state index >= 15 is 0 Å². The Bertz CT molecular complexity index is 348. The average molecular weight is 231 g/mol. The molecule has 1 heteroatoms. The van der Waals surface area contributed by atoms with Crippen LogP contribution >= 0.6 is 0 Å². The SMILES string of the molecule is CCc1ccc(CCC(=N)C(C)C(C)C)cc1. The van der Waals surface area contributed by atoms with Gasteiger partial charge in [0.05, 0.1) is 0 Å². The van der Waals surface area contributed by atoms with Crippen LogP contribution in [0.15, 0.2) is 24.3 Å². The lowest BCUT2D eigenvalue weighted by Gasteiger charge is -2.16. The van der Waals surface area contributed by atoms with Gasteiger partial charge in [-0.25, -0.2) is 0 Å². The molecule has 94 valence electrons. The van der Waals surface area contributed by atoms with Crippen LogP contribution in [0.5, 0.6) is 0 Å². The van der Waals surface area contributed by atoms with Gasteiger partial charge in [-0.1, -0.05) is 52.0 Å². The molecule has 0 saturated carbocycles. The van der Waals surface area contributed by atoms with Crippen molar-refractivity contribution in [3.63, 3.8) is 0 Å². The number of benzene rings is 1. The molecule has 0 radical (unpaired) electrons. The second kappa shape index (κ2) is 6.58. The fraction of sp³-hybridized carbons (Fsp3) is 0.562. The second-order valence-corrected chi connectivity index (χ2v) is 5.23. The highest BCUT2D eigenvalue weighted by Crippen LogP contribution is 2.15. The normalized spacial score (nSPS) is 12.8. The first-order valence-electron chi connectivity index (χ1n) is 6.69. The summed E-state index contributed by atoms with van der Waals surface area (Å²) >= 11 is 0. The van der Waals surface area contributed by atoms with Gasteiger partial charge in [0, 0.05) is 5.71 Å². The van der Waals surface area contributed by atoms with Gasteiger partial charge in [-0.05, 0) is 42.2 Å². The van der Waals surface area contributed by atoms with Crippen LogP contribution in [0.4, 0.5) is 0 Å². The quantitative estimate of drug-likeness (QED) is 0.697. The monoisotopic (exact) mass is 231 g/mol. The van der Waals surface area contributed by atoms with E-state index in [-0.39, 0.29) is 0 Å². The first-order valence-corrected chi connectivity index (χ1v) is 6.69. The van der Waals surface area contributed by atoms with Gasteiger partial charge in [-0.15, -0.1) is 0 Å². The minimum atomic E-state index is 0.407. The van der Waals surface area contributed by atoms with Crippen molar-refractivity contribution in [2.75, 3.05) is 0 Å². The van der Waals surface area contributed by atoms with Crippen molar-refractivity contribution in [1.29, 1.82) is 5.41 Å². The van der Waals surface area contributed by atoms with Gasteiger partial charge < -0.3 is 5.41 Å². The fourth-order valence-electron chi connectivity index (χ4n) is 1.85. The van der Waals surface area contributed by atoms with Crippen molar-refractivity contribution in [2.24, 2.45) is 11.8 Å². The zero-order chi connectivity index (χ0) is 12.8. The highest BCUT2D eigenvalue weighted by atomic mass is 14.4. The standard InChI is InChI=1S/C16H25N/c1-5-14-6-8-15(9-7-14)10-11-16(17)13(4)12(2)3/h6-9,12-13,17H,5,10-11H2,1-4H3. The molecule has 1 unspecified atom stereocenters. The van der Waals surface area contributed by atoms with Crippen LogP contribution in [0.25, 0.3) is 0 Å². The van der Waals surface area contributed by atoms with Crippen LogP contribution in [-0.2, 0) is 12.8 Å². The van der Waals surface area contributed by atoms with E-state index < -0.39 is 0 Å². The summed E-state index contributed by atoms with van der Waals surface area (Å²) in [6.07, 6.45) is 2.99.